The molecule has 0 bridgehead atoms. The number of hydrogen-bond acceptors (Lipinski definition) is 3. The van der Waals surface area contributed by atoms with Gasteiger partial charge < -0.3 is 10.5 Å². The van der Waals surface area contributed by atoms with Gasteiger partial charge in [-0.15, -0.1) is 0 Å². The molecule has 0 atom stereocenters. The number of ether oxygens (including phenoxy) is 1. The Morgan fingerprint density at radius 2 is 2.13 bits per heavy atom. The molecular weight excluding hydrogens is 319 g/mol. The lowest BCUT2D eigenvalue weighted by Gasteiger charge is -2.10. The van der Waals surface area contributed by atoms with Gasteiger partial charge in [0.2, 0.25) is 0 Å². The minimum atomic E-state index is -2.95. The van der Waals surface area contributed by atoms with Crippen molar-refractivity contribution in [2.75, 3.05) is 5.73 Å². The highest BCUT2D eigenvalue weighted by molar-refractivity contribution is 14.1. The van der Waals surface area contributed by atoms with Crippen molar-refractivity contribution in [3.05, 3.63) is 21.3 Å². The molecule has 0 heterocycles. The second kappa shape index (κ2) is 4.73. The Morgan fingerprint density at radius 3 is 2.60 bits per heavy atom. The molecule has 1 aromatic carbocycles. The summed E-state index contributed by atoms with van der Waals surface area (Å²) in [7, 11) is 0. The third-order valence-electron chi connectivity index (χ3n) is 1.69. The van der Waals surface area contributed by atoms with Crippen LogP contribution in [0.3, 0.4) is 0 Å². The summed E-state index contributed by atoms with van der Waals surface area (Å²) in [4.78, 5) is 11.1. The zero-order valence-corrected chi connectivity index (χ0v) is 9.92. The Morgan fingerprint density at radius 1 is 1.53 bits per heavy atom. The number of nitrogen functional groups attached to an aromatic ring is 1. The fourth-order valence-corrected chi connectivity index (χ4v) is 1.91. The number of anilines is 1. The summed E-state index contributed by atoms with van der Waals surface area (Å²) in [6.45, 7) is -1.60. The first kappa shape index (κ1) is 12.2. The Kier molecular flexibility index (Phi) is 3.83. The number of carbonyl (C=O) groups excluding carboxylic acids is 1. The molecule has 0 amide bonds. The molecule has 0 aliphatic carbocycles. The molecule has 0 saturated heterocycles. The maximum atomic E-state index is 12.0. The predicted molar refractivity (Wildman–Crippen MR) is 60.2 cm³/mol. The van der Waals surface area contributed by atoms with E-state index in [0.717, 1.165) is 0 Å². The molecule has 1 aromatic rings. The number of Topliss-reactive ketones (excluding diaryl/α,β-unsaturated/α-hetero) is 1. The number of ketones is 1. The van der Waals surface area contributed by atoms with Crippen LogP contribution in [0.4, 0.5) is 14.5 Å². The molecule has 82 valence electrons. The average Bonchev–Trinajstić information content (AvgIpc) is 2.08. The van der Waals surface area contributed by atoms with E-state index in [0.29, 0.717) is 9.13 Å². The second-order valence-electron chi connectivity index (χ2n) is 2.80. The minimum absolute atomic E-state index is 0.0877. The van der Waals surface area contributed by atoms with Crippen LogP contribution in [0.1, 0.15) is 17.3 Å². The van der Waals surface area contributed by atoms with Crippen molar-refractivity contribution in [1.82, 2.24) is 0 Å². The average molecular weight is 327 g/mol. The van der Waals surface area contributed by atoms with Crippen LogP contribution in [0.25, 0.3) is 0 Å². The van der Waals surface area contributed by atoms with Gasteiger partial charge in [0.05, 0.1) is 5.69 Å². The molecule has 0 unspecified atom stereocenters. The summed E-state index contributed by atoms with van der Waals surface area (Å²) in [6, 6.07) is 2.65. The van der Waals surface area contributed by atoms with Crippen LogP contribution in [0.5, 0.6) is 5.75 Å². The number of halogens is 3. The molecule has 0 saturated carbocycles. The van der Waals surface area contributed by atoms with E-state index in [1.807, 2.05) is 22.6 Å². The fraction of sp³-hybridized carbons (Fsp3) is 0.222. The van der Waals surface area contributed by atoms with E-state index >= 15 is 0 Å². The van der Waals surface area contributed by atoms with Crippen molar-refractivity contribution < 1.29 is 18.3 Å². The molecule has 0 aromatic heterocycles. The van der Waals surface area contributed by atoms with Crippen LogP contribution in [-0.2, 0) is 0 Å². The lowest BCUT2D eigenvalue weighted by atomic mass is 10.1. The van der Waals surface area contributed by atoms with E-state index in [-0.39, 0.29) is 17.2 Å². The Hall–Kier alpha value is -0.920. The van der Waals surface area contributed by atoms with E-state index in [1.54, 1.807) is 0 Å². The molecule has 0 spiro atoms. The smallest absolute Gasteiger partial charge is 0.387 e. The zero-order valence-electron chi connectivity index (χ0n) is 7.76. The van der Waals surface area contributed by atoms with Crippen LogP contribution in [0, 0.1) is 3.57 Å². The lowest BCUT2D eigenvalue weighted by Crippen LogP contribution is -2.07. The van der Waals surface area contributed by atoms with Crippen LogP contribution < -0.4 is 10.5 Å². The maximum absolute atomic E-state index is 12.0. The SMILES string of the molecule is CC(=O)c1cc(OC(F)F)c(N)cc1I. The van der Waals surface area contributed by atoms with Gasteiger partial charge >= 0.3 is 6.61 Å². The van der Waals surface area contributed by atoms with Gasteiger partial charge in [0.25, 0.3) is 0 Å². The van der Waals surface area contributed by atoms with E-state index < -0.39 is 6.61 Å². The molecule has 2 N–H and O–H groups in total. The number of carbonyl (C=O) groups is 1. The molecule has 0 fully saturated rings. The number of hydrogen-bond donors (Lipinski definition) is 1. The number of alkyl halides is 2. The molecular formula is C9H8F2INO2. The molecule has 0 radical (unpaired) electrons. The van der Waals surface area contributed by atoms with Crippen LogP contribution in [0.2, 0.25) is 0 Å². The van der Waals surface area contributed by atoms with E-state index in [1.165, 1.54) is 19.1 Å². The third-order valence-corrected chi connectivity index (χ3v) is 2.59. The lowest BCUT2D eigenvalue weighted by molar-refractivity contribution is -0.0493. The van der Waals surface area contributed by atoms with Crippen molar-refractivity contribution in [2.45, 2.75) is 13.5 Å². The molecule has 0 aliphatic rings. The third kappa shape index (κ3) is 3.01. The topological polar surface area (TPSA) is 52.3 Å². The highest BCUT2D eigenvalue weighted by Gasteiger charge is 2.13. The van der Waals surface area contributed by atoms with Crippen molar-refractivity contribution in [3.63, 3.8) is 0 Å². The monoisotopic (exact) mass is 327 g/mol. The fourth-order valence-electron chi connectivity index (χ4n) is 1.04. The van der Waals surface area contributed by atoms with Gasteiger partial charge in [0, 0.05) is 9.13 Å². The standard InChI is InChI=1S/C9H8F2INO2/c1-4(14)5-2-8(15-9(10)11)7(13)3-6(5)12/h2-3,9H,13H2,1H3. The van der Waals surface area contributed by atoms with Crippen LogP contribution in [-0.4, -0.2) is 12.4 Å². The van der Waals surface area contributed by atoms with Gasteiger partial charge in [-0.2, -0.15) is 8.78 Å². The highest BCUT2D eigenvalue weighted by Crippen LogP contribution is 2.28. The molecule has 6 heteroatoms. The minimum Gasteiger partial charge on any atom is -0.433 e. The van der Waals surface area contributed by atoms with Crippen LogP contribution in [0.15, 0.2) is 12.1 Å². The van der Waals surface area contributed by atoms with Gasteiger partial charge in [-0.25, -0.2) is 0 Å². The molecule has 0 aliphatic heterocycles. The molecule has 1 rings (SSSR count). The van der Waals surface area contributed by atoms with E-state index in [9.17, 15) is 13.6 Å². The maximum Gasteiger partial charge on any atom is 0.387 e. The largest absolute Gasteiger partial charge is 0.433 e. The number of rotatable bonds is 3. The van der Waals surface area contributed by atoms with Crippen LogP contribution >= 0.6 is 22.6 Å². The summed E-state index contributed by atoms with van der Waals surface area (Å²) in [5.41, 5.74) is 5.87. The highest BCUT2D eigenvalue weighted by atomic mass is 127. The first-order valence-corrected chi connectivity index (χ1v) is 5.04. The van der Waals surface area contributed by atoms with E-state index in [2.05, 4.69) is 4.74 Å². The van der Waals surface area contributed by atoms with Gasteiger partial charge in [0.1, 0.15) is 5.75 Å². The summed E-state index contributed by atoms with van der Waals surface area (Å²) < 4.78 is 28.7. The summed E-state index contributed by atoms with van der Waals surface area (Å²) in [6.07, 6.45) is 0. The zero-order chi connectivity index (χ0) is 11.6. The quantitative estimate of drug-likeness (QED) is 0.528. The van der Waals surface area contributed by atoms with Gasteiger partial charge in [0.15, 0.2) is 5.78 Å². The predicted octanol–water partition coefficient (Wildman–Crippen LogP) is 2.68. The Bertz CT molecular complexity index is 396. The Balaban J connectivity index is 3.17. The van der Waals surface area contributed by atoms with E-state index in [4.69, 9.17) is 5.73 Å². The normalized spacial score (nSPS) is 10.5. The van der Waals surface area contributed by atoms with Crippen molar-refractivity contribution in [2.24, 2.45) is 0 Å². The second-order valence-corrected chi connectivity index (χ2v) is 3.97. The van der Waals surface area contributed by atoms with Gasteiger partial charge in [-0.3, -0.25) is 4.79 Å². The first-order chi connectivity index (χ1) is 6.91. The van der Waals surface area contributed by atoms with Crippen molar-refractivity contribution >= 4 is 34.1 Å². The number of benzene rings is 1. The molecule has 3 nitrogen and oxygen atoms in total. The summed E-state index contributed by atoms with van der Waals surface area (Å²) in [5, 5.41) is 0. The summed E-state index contributed by atoms with van der Waals surface area (Å²) >= 11 is 1.91. The first-order valence-electron chi connectivity index (χ1n) is 3.96. The number of nitrogens with two attached hydrogens (primary N) is 1. The van der Waals surface area contributed by atoms with Crippen molar-refractivity contribution in [3.8, 4) is 5.75 Å². The molecule has 15 heavy (non-hydrogen) atoms. The van der Waals surface area contributed by atoms with Crippen molar-refractivity contribution in [1.29, 1.82) is 0 Å². The summed E-state index contributed by atoms with van der Waals surface area (Å²) in [5.74, 6) is -0.394. The van der Waals surface area contributed by atoms with Gasteiger partial charge in [-0.1, -0.05) is 0 Å². The Labute approximate surface area is 98.7 Å². The van der Waals surface area contributed by atoms with Gasteiger partial charge in [-0.05, 0) is 41.6 Å².